The molecule has 2 bridgehead atoms. The smallest absolute Gasteiger partial charge is 0.309 e. The van der Waals surface area contributed by atoms with Crippen molar-refractivity contribution in [3.63, 3.8) is 0 Å². The Kier molecular flexibility index (Phi) is 5.51. The first-order valence-electron chi connectivity index (χ1n) is 9.84. The van der Waals surface area contributed by atoms with E-state index < -0.39 is 0 Å². The number of rotatable bonds is 6. The maximum absolute atomic E-state index is 12.5. The Hall–Kier alpha value is -2.90. The second-order valence-corrected chi connectivity index (χ2v) is 7.58. The van der Waals surface area contributed by atoms with Crippen molar-refractivity contribution >= 4 is 11.8 Å². The van der Waals surface area contributed by atoms with Crippen molar-refractivity contribution in [1.82, 2.24) is 10.1 Å². The summed E-state index contributed by atoms with van der Waals surface area (Å²) in [4.78, 5) is 29.0. The van der Waals surface area contributed by atoms with Gasteiger partial charge in [0.2, 0.25) is 5.82 Å². The number of hydrogen-bond acceptors (Lipinski definition) is 8. The summed E-state index contributed by atoms with van der Waals surface area (Å²) in [5, 5.41) is 3.95. The summed E-state index contributed by atoms with van der Waals surface area (Å²) < 4.78 is 21.2. The van der Waals surface area contributed by atoms with Gasteiger partial charge in [0.25, 0.3) is 5.89 Å². The van der Waals surface area contributed by atoms with Crippen LogP contribution in [0.1, 0.15) is 38.0 Å². The zero-order valence-electron chi connectivity index (χ0n) is 16.6. The molecule has 4 rings (SSSR count). The minimum absolute atomic E-state index is 0.0117. The van der Waals surface area contributed by atoms with Crippen molar-refractivity contribution in [3.05, 3.63) is 24.1 Å². The number of methoxy groups -OCH3 is 2. The highest BCUT2D eigenvalue weighted by Crippen LogP contribution is 2.40. The summed E-state index contributed by atoms with van der Waals surface area (Å²) in [5.74, 6) is 1.58. The van der Waals surface area contributed by atoms with Gasteiger partial charge in [-0.05, 0) is 37.8 Å². The van der Waals surface area contributed by atoms with Gasteiger partial charge in [-0.15, -0.1) is 0 Å². The molecule has 8 nitrogen and oxygen atoms in total. The number of esters is 1. The van der Waals surface area contributed by atoms with E-state index >= 15 is 0 Å². The zero-order chi connectivity index (χ0) is 20.4. The number of aromatic nitrogens is 2. The molecule has 1 heterocycles. The third-order valence-electron chi connectivity index (χ3n) is 5.84. The number of carbonyl (C=O) groups is 2. The van der Waals surface area contributed by atoms with Gasteiger partial charge in [0.15, 0.2) is 6.61 Å². The van der Waals surface area contributed by atoms with Crippen molar-refractivity contribution in [2.75, 3.05) is 14.2 Å². The molecule has 0 aliphatic heterocycles. The highest BCUT2D eigenvalue weighted by Gasteiger charge is 2.41. The Morgan fingerprint density at radius 1 is 1.17 bits per heavy atom. The van der Waals surface area contributed by atoms with Crippen LogP contribution < -0.4 is 9.47 Å². The van der Waals surface area contributed by atoms with E-state index in [0.717, 1.165) is 19.3 Å². The lowest BCUT2D eigenvalue weighted by Crippen LogP contribution is -2.39. The number of hydrogen-bond donors (Lipinski definition) is 0. The van der Waals surface area contributed by atoms with Gasteiger partial charge in [-0.1, -0.05) is 11.6 Å². The van der Waals surface area contributed by atoms with Crippen LogP contribution in [0, 0.1) is 17.8 Å². The molecule has 1 unspecified atom stereocenters. The van der Waals surface area contributed by atoms with E-state index in [1.54, 1.807) is 32.4 Å². The molecule has 0 radical (unpaired) electrons. The molecule has 0 amide bonds. The number of ketones is 1. The molecule has 3 atom stereocenters. The molecule has 0 spiro atoms. The Morgan fingerprint density at radius 2 is 1.93 bits per heavy atom. The first-order valence-corrected chi connectivity index (χ1v) is 9.84. The highest BCUT2D eigenvalue weighted by atomic mass is 16.6. The van der Waals surface area contributed by atoms with Crippen molar-refractivity contribution in [2.24, 2.45) is 17.8 Å². The number of benzene rings is 1. The van der Waals surface area contributed by atoms with E-state index in [4.69, 9.17) is 18.7 Å². The molecule has 2 saturated carbocycles. The third kappa shape index (κ3) is 3.97. The van der Waals surface area contributed by atoms with Gasteiger partial charge < -0.3 is 18.7 Å². The van der Waals surface area contributed by atoms with Crippen molar-refractivity contribution in [2.45, 2.75) is 38.7 Å². The molecule has 2 aliphatic carbocycles. The summed E-state index contributed by atoms with van der Waals surface area (Å²) in [6.45, 7) is -0.0932. The fourth-order valence-corrected chi connectivity index (χ4v) is 4.33. The van der Waals surface area contributed by atoms with Gasteiger partial charge in [0, 0.05) is 17.9 Å². The molecule has 0 N–H and O–H groups in total. The number of carbonyl (C=O) groups excluding carboxylic acids is 2. The molecule has 2 fully saturated rings. The summed E-state index contributed by atoms with van der Waals surface area (Å²) in [6, 6.07) is 5.28. The lowest BCUT2D eigenvalue weighted by atomic mass is 9.67. The molecule has 29 heavy (non-hydrogen) atoms. The molecule has 154 valence electrons. The van der Waals surface area contributed by atoms with Gasteiger partial charge >= 0.3 is 5.97 Å². The summed E-state index contributed by atoms with van der Waals surface area (Å²) in [5.41, 5.74) is 0.647. The van der Waals surface area contributed by atoms with Crippen molar-refractivity contribution in [1.29, 1.82) is 0 Å². The van der Waals surface area contributed by atoms with Crippen LogP contribution >= 0.6 is 0 Å². The first-order chi connectivity index (χ1) is 14.1. The van der Waals surface area contributed by atoms with Crippen LogP contribution in [0.4, 0.5) is 0 Å². The molecular weight excluding hydrogens is 376 g/mol. The van der Waals surface area contributed by atoms with Crippen LogP contribution in [0.15, 0.2) is 22.7 Å². The first kappa shape index (κ1) is 19.4. The topological polar surface area (TPSA) is 101 Å². The van der Waals surface area contributed by atoms with Crippen LogP contribution in [-0.4, -0.2) is 36.1 Å². The zero-order valence-corrected chi connectivity index (χ0v) is 16.6. The predicted octanol–water partition coefficient (Wildman–Crippen LogP) is 3.19. The van der Waals surface area contributed by atoms with Crippen LogP contribution in [0.5, 0.6) is 11.5 Å². The summed E-state index contributed by atoms with van der Waals surface area (Å²) in [6.07, 6.45) is 4.02. The van der Waals surface area contributed by atoms with Gasteiger partial charge in [0.1, 0.15) is 17.3 Å². The van der Waals surface area contributed by atoms with E-state index in [2.05, 4.69) is 10.1 Å². The standard InChI is InChI=1S/C21H24N2O6/c1-26-15-6-7-16(17(10-15)27-2)20-22-18(29-23-20)11-28-21(25)14-8-12-4-3-5-13(9-14)19(12)24/h6-7,10,12-14H,3-5,8-9,11H2,1-2H3/t12-,13+,14?. The van der Waals surface area contributed by atoms with Gasteiger partial charge in [-0.3, -0.25) is 9.59 Å². The highest BCUT2D eigenvalue weighted by molar-refractivity contribution is 5.87. The SMILES string of the molecule is COc1ccc(-c2noc(COC(=O)C3C[C@H]4CCC[C@@H](C3)C4=O)n2)c(OC)c1. The van der Waals surface area contributed by atoms with Crippen LogP contribution in [0.2, 0.25) is 0 Å². The molecule has 1 aromatic carbocycles. The number of Topliss-reactive ketones (excluding diaryl/α,β-unsaturated/α-hetero) is 1. The second kappa shape index (κ2) is 8.23. The lowest BCUT2D eigenvalue weighted by Gasteiger charge is -2.36. The number of ether oxygens (including phenoxy) is 3. The largest absolute Gasteiger partial charge is 0.497 e. The summed E-state index contributed by atoms with van der Waals surface area (Å²) >= 11 is 0. The van der Waals surface area contributed by atoms with Crippen molar-refractivity contribution < 1.29 is 28.3 Å². The molecule has 2 aromatic rings. The van der Waals surface area contributed by atoms with E-state index in [0.29, 0.717) is 41.5 Å². The van der Waals surface area contributed by atoms with Gasteiger partial charge in [-0.2, -0.15) is 4.98 Å². The quantitative estimate of drug-likeness (QED) is 0.682. The van der Waals surface area contributed by atoms with E-state index in [9.17, 15) is 9.59 Å². The molecule has 2 aliphatic rings. The number of fused-ring (bicyclic) bond motifs is 2. The van der Waals surface area contributed by atoms with Crippen LogP contribution in [-0.2, 0) is 20.9 Å². The Bertz CT molecular complexity index is 892. The molecular formula is C21H24N2O6. The fraction of sp³-hybridized carbons (Fsp3) is 0.524. The van der Waals surface area contributed by atoms with Crippen LogP contribution in [0.25, 0.3) is 11.4 Å². The van der Waals surface area contributed by atoms with E-state index in [-0.39, 0.29) is 36.2 Å². The minimum atomic E-state index is -0.295. The maximum atomic E-state index is 12.5. The van der Waals surface area contributed by atoms with Gasteiger partial charge in [-0.25, -0.2) is 0 Å². The third-order valence-corrected chi connectivity index (χ3v) is 5.84. The maximum Gasteiger partial charge on any atom is 0.309 e. The molecule has 8 heteroatoms. The van der Waals surface area contributed by atoms with Crippen molar-refractivity contribution in [3.8, 4) is 22.9 Å². The minimum Gasteiger partial charge on any atom is -0.497 e. The van der Waals surface area contributed by atoms with E-state index in [1.165, 1.54) is 0 Å². The monoisotopic (exact) mass is 400 g/mol. The predicted molar refractivity (Wildman–Crippen MR) is 101 cm³/mol. The van der Waals surface area contributed by atoms with E-state index in [1.807, 2.05) is 0 Å². The summed E-state index contributed by atoms with van der Waals surface area (Å²) in [7, 11) is 3.12. The lowest BCUT2D eigenvalue weighted by molar-refractivity contribution is -0.155. The normalized spacial score (nSPS) is 23.5. The average molecular weight is 400 g/mol. The molecule has 0 saturated heterocycles. The average Bonchev–Trinajstić information content (AvgIpc) is 3.20. The molecule has 1 aromatic heterocycles. The Morgan fingerprint density at radius 3 is 2.62 bits per heavy atom. The Balaban J connectivity index is 1.39. The van der Waals surface area contributed by atoms with Crippen LogP contribution in [0.3, 0.4) is 0 Å². The Labute approximate surface area is 168 Å². The fourth-order valence-electron chi connectivity index (χ4n) is 4.33. The van der Waals surface area contributed by atoms with Gasteiger partial charge in [0.05, 0.1) is 25.7 Å². The number of nitrogens with zero attached hydrogens (tertiary/aromatic N) is 2. The second-order valence-electron chi connectivity index (χ2n) is 7.58.